The minimum absolute atomic E-state index is 0.127. The van der Waals surface area contributed by atoms with Crippen LogP contribution in [0.5, 0.6) is 5.75 Å². The van der Waals surface area contributed by atoms with Gasteiger partial charge in [-0.2, -0.15) is 0 Å². The van der Waals surface area contributed by atoms with Gasteiger partial charge in [0.2, 0.25) is 0 Å². The van der Waals surface area contributed by atoms with Gasteiger partial charge in [-0.05, 0) is 31.2 Å². The van der Waals surface area contributed by atoms with Crippen molar-refractivity contribution < 1.29 is 13.9 Å². The molecule has 0 aliphatic heterocycles. The van der Waals surface area contributed by atoms with Crippen LogP contribution in [0.15, 0.2) is 48.8 Å². The van der Waals surface area contributed by atoms with Gasteiger partial charge in [0, 0.05) is 29.4 Å². The maximum atomic E-state index is 13.7. The number of amides is 1. The number of rotatable bonds is 5. The lowest BCUT2D eigenvalue weighted by Gasteiger charge is -2.08. The molecule has 0 aliphatic carbocycles. The molecular formula is C18H17FN4O2. The monoisotopic (exact) mass is 340 g/mol. The van der Waals surface area contributed by atoms with Gasteiger partial charge in [-0.3, -0.25) is 4.79 Å². The van der Waals surface area contributed by atoms with E-state index in [0.717, 1.165) is 17.9 Å². The van der Waals surface area contributed by atoms with E-state index in [1.54, 1.807) is 36.7 Å². The lowest BCUT2D eigenvalue weighted by Crippen LogP contribution is -2.12. The van der Waals surface area contributed by atoms with E-state index < -0.39 is 5.82 Å². The summed E-state index contributed by atoms with van der Waals surface area (Å²) in [6.45, 7) is 2.76. The highest BCUT2D eigenvalue weighted by molar-refractivity contribution is 6.04. The van der Waals surface area contributed by atoms with Crippen LogP contribution in [0.2, 0.25) is 0 Å². The molecule has 25 heavy (non-hydrogen) atoms. The van der Waals surface area contributed by atoms with Crippen molar-refractivity contribution in [2.45, 2.75) is 13.5 Å². The van der Waals surface area contributed by atoms with Crippen LogP contribution in [-0.2, 0) is 6.54 Å². The van der Waals surface area contributed by atoms with Crippen molar-refractivity contribution in [3.8, 4) is 17.1 Å². The Morgan fingerprint density at radius 2 is 2.00 bits per heavy atom. The first-order valence-corrected chi connectivity index (χ1v) is 7.75. The summed E-state index contributed by atoms with van der Waals surface area (Å²) in [5.74, 6) is 0.0108. The Labute approximate surface area is 144 Å². The number of hydrogen-bond donors (Lipinski definition) is 1. The quantitative estimate of drug-likeness (QED) is 0.773. The largest absolute Gasteiger partial charge is 0.494 e. The zero-order chi connectivity index (χ0) is 17.8. The number of carbonyl (C=O) groups excluding carboxylic acids is 1. The number of aromatic nitrogens is 3. The van der Waals surface area contributed by atoms with Crippen LogP contribution < -0.4 is 10.1 Å². The molecule has 0 atom stereocenters. The van der Waals surface area contributed by atoms with Crippen LogP contribution in [0.3, 0.4) is 0 Å². The summed E-state index contributed by atoms with van der Waals surface area (Å²) >= 11 is 0. The first-order chi connectivity index (χ1) is 12.1. The van der Waals surface area contributed by atoms with Crippen LogP contribution in [0.1, 0.15) is 17.3 Å². The molecule has 3 aromatic rings. The summed E-state index contributed by atoms with van der Waals surface area (Å²) in [6.07, 6.45) is 1.66. The molecule has 1 N–H and O–H groups in total. The molecule has 1 amide bonds. The minimum atomic E-state index is -0.533. The molecule has 0 aliphatic rings. The Kier molecular flexibility index (Phi) is 4.74. The number of ether oxygens (including phenoxy) is 1. The van der Waals surface area contributed by atoms with Gasteiger partial charge in [-0.1, -0.05) is 12.1 Å². The predicted octanol–water partition coefficient (Wildman–Crippen LogP) is 3.37. The highest BCUT2D eigenvalue weighted by Gasteiger charge is 2.11. The fourth-order valence-electron chi connectivity index (χ4n) is 2.43. The number of methoxy groups -OCH3 is 1. The van der Waals surface area contributed by atoms with Crippen LogP contribution in [0.25, 0.3) is 11.4 Å². The van der Waals surface area contributed by atoms with Crippen molar-refractivity contribution >= 4 is 11.6 Å². The van der Waals surface area contributed by atoms with Crippen molar-refractivity contribution in [2.24, 2.45) is 0 Å². The molecule has 2 aromatic carbocycles. The molecule has 0 radical (unpaired) electrons. The Hall–Kier alpha value is -3.22. The zero-order valence-corrected chi connectivity index (χ0v) is 13.9. The molecule has 0 saturated carbocycles. The van der Waals surface area contributed by atoms with E-state index in [-0.39, 0.29) is 11.7 Å². The third-order valence-electron chi connectivity index (χ3n) is 3.77. The molecule has 0 unspecified atom stereocenters. The van der Waals surface area contributed by atoms with E-state index in [1.165, 1.54) is 19.2 Å². The van der Waals surface area contributed by atoms with E-state index in [2.05, 4.69) is 15.5 Å². The number of nitrogens with zero attached hydrogens (tertiary/aromatic N) is 3. The van der Waals surface area contributed by atoms with Crippen LogP contribution in [0.4, 0.5) is 10.1 Å². The molecule has 128 valence electrons. The summed E-state index contributed by atoms with van der Waals surface area (Å²) in [5, 5.41) is 10.6. The fourth-order valence-corrected chi connectivity index (χ4v) is 2.43. The number of carbonyl (C=O) groups is 1. The van der Waals surface area contributed by atoms with Gasteiger partial charge in [0.15, 0.2) is 17.4 Å². The molecule has 0 spiro atoms. The second-order valence-electron chi connectivity index (χ2n) is 5.32. The van der Waals surface area contributed by atoms with Crippen molar-refractivity contribution in [1.29, 1.82) is 0 Å². The van der Waals surface area contributed by atoms with Gasteiger partial charge < -0.3 is 14.6 Å². The van der Waals surface area contributed by atoms with Crippen molar-refractivity contribution in [3.05, 3.63) is 60.2 Å². The first kappa shape index (κ1) is 16.6. The van der Waals surface area contributed by atoms with Crippen molar-refractivity contribution in [1.82, 2.24) is 14.8 Å². The summed E-state index contributed by atoms with van der Waals surface area (Å²) in [7, 11) is 1.39. The molecule has 3 rings (SSSR count). The van der Waals surface area contributed by atoms with E-state index in [4.69, 9.17) is 4.74 Å². The Morgan fingerprint density at radius 3 is 2.64 bits per heavy atom. The van der Waals surface area contributed by atoms with E-state index in [0.29, 0.717) is 11.3 Å². The van der Waals surface area contributed by atoms with Crippen molar-refractivity contribution in [3.63, 3.8) is 0 Å². The standard InChI is InChI=1S/C18H17FN4O2/c1-3-23-11-20-22-17(23)12-4-6-13(7-5-12)18(24)21-14-8-9-16(25-2)15(19)10-14/h4-11H,3H2,1-2H3,(H,21,24). The van der Waals surface area contributed by atoms with E-state index >= 15 is 0 Å². The van der Waals surface area contributed by atoms with Gasteiger partial charge in [0.25, 0.3) is 5.91 Å². The van der Waals surface area contributed by atoms with E-state index in [9.17, 15) is 9.18 Å². The van der Waals surface area contributed by atoms with Crippen LogP contribution >= 0.6 is 0 Å². The molecule has 7 heteroatoms. The number of aryl methyl sites for hydroxylation is 1. The highest BCUT2D eigenvalue weighted by atomic mass is 19.1. The number of halogens is 1. The molecule has 6 nitrogen and oxygen atoms in total. The zero-order valence-electron chi connectivity index (χ0n) is 13.9. The summed E-state index contributed by atoms with van der Waals surface area (Å²) in [5.41, 5.74) is 1.69. The molecule has 0 bridgehead atoms. The second kappa shape index (κ2) is 7.12. The Balaban J connectivity index is 1.76. The third-order valence-corrected chi connectivity index (χ3v) is 3.77. The number of nitrogens with one attached hydrogen (secondary N) is 1. The fraction of sp³-hybridized carbons (Fsp3) is 0.167. The maximum absolute atomic E-state index is 13.7. The second-order valence-corrected chi connectivity index (χ2v) is 5.32. The van der Waals surface area contributed by atoms with Gasteiger partial charge >= 0.3 is 0 Å². The summed E-state index contributed by atoms with van der Waals surface area (Å²) in [4.78, 5) is 12.3. The number of anilines is 1. The van der Waals surface area contributed by atoms with Crippen molar-refractivity contribution in [2.75, 3.05) is 12.4 Å². The van der Waals surface area contributed by atoms with Crippen LogP contribution in [-0.4, -0.2) is 27.8 Å². The number of hydrogen-bond acceptors (Lipinski definition) is 4. The highest BCUT2D eigenvalue weighted by Crippen LogP contribution is 2.22. The lowest BCUT2D eigenvalue weighted by molar-refractivity contribution is 0.102. The smallest absolute Gasteiger partial charge is 0.255 e. The van der Waals surface area contributed by atoms with Crippen LogP contribution in [0, 0.1) is 5.82 Å². The van der Waals surface area contributed by atoms with E-state index in [1.807, 2.05) is 11.5 Å². The molecule has 1 heterocycles. The minimum Gasteiger partial charge on any atom is -0.494 e. The Morgan fingerprint density at radius 1 is 1.24 bits per heavy atom. The first-order valence-electron chi connectivity index (χ1n) is 7.75. The Bertz CT molecular complexity index is 890. The topological polar surface area (TPSA) is 69.0 Å². The van der Waals surface area contributed by atoms with Gasteiger partial charge in [0.1, 0.15) is 6.33 Å². The third kappa shape index (κ3) is 3.50. The summed E-state index contributed by atoms with van der Waals surface area (Å²) < 4.78 is 20.5. The average molecular weight is 340 g/mol. The van der Waals surface area contributed by atoms with Gasteiger partial charge in [-0.25, -0.2) is 4.39 Å². The van der Waals surface area contributed by atoms with Gasteiger partial charge in [0.05, 0.1) is 7.11 Å². The SMILES string of the molecule is CCn1cnnc1-c1ccc(C(=O)Nc2ccc(OC)c(F)c2)cc1. The normalized spacial score (nSPS) is 10.5. The summed E-state index contributed by atoms with van der Waals surface area (Å²) in [6, 6.07) is 11.3. The molecule has 0 saturated heterocycles. The number of benzene rings is 2. The lowest BCUT2D eigenvalue weighted by atomic mass is 10.1. The molecule has 1 aromatic heterocycles. The molecular weight excluding hydrogens is 323 g/mol. The predicted molar refractivity (Wildman–Crippen MR) is 92.0 cm³/mol. The van der Waals surface area contributed by atoms with Gasteiger partial charge in [-0.15, -0.1) is 10.2 Å². The molecule has 0 fully saturated rings. The maximum Gasteiger partial charge on any atom is 0.255 e. The average Bonchev–Trinajstić information content (AvgIpc) is 3.11.